The smallest absolute Gasteiger partial charge is 0.415 e. The lowest BCUT2D eigenvalue weighted by molar-refractivity contribution is -0.141. The van der Waals surface area contributed by atoms with Crippen molar-refractivity contribution >= 4 is 39.9 Å². The number of rotatable bonds is 4. The Labute approximate surface area is 206 Å². The summed E-state index contributed by atoms with van der Waals surface area (Å²) in [5, 5.41) is 9.95. The predicted molar refractivity (Wildman–Crippen MR) is 131 cm³/mol. The number of methoxy groups -OCH3 is 1. The molecule has 1 amide bonds. The Morgan fingerprint density at radius 3 is 2.58 bits per heavy atom. The molecule has 3 aromatic heterocycles. The predicted octanol–water partition coefficient (Wildman–Crippen LogP) is 4.15. The largest absolute Gasteiger partial charge is 0.468 e. The van der Waals surface area contributed by atoms with Crippen molar-refractivity contribution in [2.75, 3.05) is 19.1 Å². The number of carbonyl (C=O) groups excluding carboxylic acids is 2. The Balaban J connectivity index is 2.04. The van der Waals surface area contributed by atoms with E-state index < -0.39 is 23.5 Å². The van der Waals surface area contributed by atoms with Gasteiger partial charge in [-0.2, -0.15) is 5.26 Å². The monoisotopic (exact) mass is 492 g/mol. The minimum absolute atomic E-state index is 0.129. The maximum Gasteiger partial charge on any atom is 0.415 e. The molecule has 0 saturated carbocycles. The fraction of sp³-hybridized carbons (Fsp3) is 0.320. The summed E-state index contributed by atoms with van der Waals surface area (Å²) in [5.74, 6) is -0.928. The second kappa shape index (κ2) is 8.96. The van der Waals surface area contributed by atoms with Crippen LogP contribution >= 0.6 is 0 Å². The van der Waals surface area contributed by atoms with Crippen LogP contribution < -0.4 is 4.90 Å². The molecule has 0 N–H and O–H groups in total. The zero-order valence-electron chi connectivity index (χ0n) is 20.8. The van der Waals surface area contributed by atoms with Gasteiger partial charge in [0.1, 0.15) is 29.1 Å². The number of nitrogens with zero attached hydrogens (tertiary/aromatic N) is 6. The van der Waals surface area contributed by atoms with E-state index in [0.717, 1.165) is 6.07 Å². The minimum atomic E-state index is -0.729. The molecule has 0 aliphatic rings. The molecule has 0 spiro atoms. The fourth-order valence-electron chi connectivity index (χ4n) is 3.94. The van der Waals surface area contributed by atoms with Gasteiger partial charge in [0.25, 0.3) is 0 Å². The van der Waals surface area contributed by atoms with E-state index >= 15 is 0 Å². The van der Waals surface area contributed by atoms with E-state index in [9.17, 15) is 19.2 Å². The highest BCUT2D eigenvalue weighted by atomic mass is 19.1. The first-order valence-corrected chi connectivity index (χ1v) is 11.0. The number of aryl methyl sites for hydroxylation is 1. The van der Waals surface area contributed by atoms with Gasteiger partial charge in [-0.15, -0.1) is 0 Å². The summed E-state index contributed by atoms with van der Waals surface area (Å²) in [4.78, 5) is 35.6. The number of benzene rings is 1. The summed E-state index contributed by atoms with van der Waals surface area (Å²) in [6.45, 7) is 5.04. The van der Waals surface area contributed by atoms with Gasteiger partial charge in [-0.05, 0) is 45.0 Å². The number of halogens is 1. The van der Waals surface area contributed by atoms with Crippen LogP contribution in [0.5, 0.6) is 0 Å². The number of carbonyl (C=O) groups is 2. The molecule has 4 rings (SSSR count). The number of imidazole rings is 1. The van der Waals surface area contributed by atoms with Crippen molar-refractivity contribution in [2.45, 2.75) is 32.9 Å². The Morgan fingerprint density at radius 1 is 1.22 bits per heavy atom. The highest BCUT2D eigenvalue weighted by Gasteiger charge is 2.27. The van der Waals surface area contributed by atoms with Gasteiger partial charge in [0, 0.05) is 25.0 Å². The first kappa shape index (κ1) is 24.7. The first-order valence-electron chi connectivity index (χ1n) is 11.0. The van der Waals surface area contributed by atoms with Crippen LogP contribution in [-0.4, -0.2) is 50.9 Å². The number of hydrogen-bond acceptors (Lipinski definition) is 7. The topological polar surface area (TPSA) is 115 Å². The highest BCUT2D eigenvalue weighted by Crippen LogP contribution is 2.36. The number of ether oxygens (including phenoxy) is 2. The van der Waals surface area contributed by atoms with E-state index in [-0.39, 0.29) is 17.9 Å². The molecule has 0 atom stereocenters. The van der Waals surface area contributed by atoms with Crippen LogP contribution in [0.15, 0.2) is 30.6 Å². The molecule has 1 aromatic carbocycles. The van der Waals surface area contributed by atoms with E-state index in [1.165, 1.54) is 31.2 Å². The zero-order valence-corrected chi connectivity index (χ0v) is 20.8. The molecule has 36 heavy (non-hydrogen) atoms. The zero-order chi connectivity index (χ0) is 26.4. The minimum Gasteiger partial charge on any atom is -0.468 e. The maximum atomic E-state index is 14.3. The van der Waals surface area contributed by atoms with Gasteiger partial charge in [-0.3, -0.25) is 9.69 Å². The van der Waals surface area contributed by atoms with Crippen molar-refractivity contribution < 1.29 is 23.5 Å². The Bertz CT molecular complexity index is 1560. The summed E-state index contributed by atoms with van der Waals surface area (Å²) in [6.07, 6.45) is 0.960. The molecule has 0 unspecified atom stereocenters. The summed E-state index contributed by atoms with van der Waals surface area (Å²) in [7, 11) is 4.58. The van der Waals surface area contributed by atoms with Crippen molar-refractivity contribution in [3.63, 3.8) is 0 Å². The number of aromatic nitrogens is 4. The molecule has 0 saturated heterocycles. The molecule has 0 radical (unpaired) electrons. The van der Waals surface area contributed by atoms with E-state index in [1.54, 1.807) is 49.3 Å². The lowest BCUT2D eigenvalue weighted by Gasteiger charge is -2.24. The Kier molecular flexibility index (Phi) is 6.14. The van der Waals surface area contributed by atoms with Crippen molar-refractivity contribution in [1.82, 2.24) is 19.1 Å². The summed E-state index contributed by atoms with van der Waals surface area (Å²) < 4.78 is 28.1. The standard InChI is InChI=1S/C25H25FN6O4/c1-25(2,3)36-24(34)31(5)23-20-21(30(4)13-28-20)17-10-18(15-7-14(11-27)8-16(26)9-15)32(22(17)29-23)12-19(33)35-6/h7-10,13H,12H2,1-6H3. The summed E-state index contributed by atoms with van der Waals surface area (Å²) >= 11 is 0. The SMILES string of the molecule is COC(=O)Cn1c(-c2cc(F)cc(C#N)c2)cc2c3c(ncn3C)c(N(C)C(=O)OC(C)(C)C)nc21. The number of amides is 1. The third-order valence-electron chi connectivity index (χ3n) is 5.51. The molecule has 0 bridgehead atoms. The van der Waals surface area contributed by atoms with Gasteiger partial charge < -0.3 is 18.6 Å². The van der Waals surface area contributed by atoms with Crippen molar-refractivity contribution in [2.24, 2.45) is 7.05 Å². The number of esters is 1. The van der Waals surface area contributed by atoms with Crippen LogP contribution in [0.3, 0.4) is 0 Å². The van der Waals surface area contributed by atoms with E-state index in [0.29, 0.717) is 33.3 Å². The second-order valence-electron chi connectivity index (χ2n) is 9.30. The average molecular weight is 493 g/mol. The van der Waals surface area contributed by atoms with E-state index in [1.807, 2.05) is 6.07 Å². The van der Waals surface area contributed by atoms with Crippen LogP contribution in [0.4, 0.5) is 15.0 Å². The lowest BCUT2D eigenvalue weighted by atomic mass is 10.1. The van der Waals surface area contributed by atoms with Crippen molar-refractivity contribution in [1.29, 1.82) is 5.26 Å². The molecular formula is C25H25FN6O4. The van der Waals surface area contributed by atoms with Gasteiger partial charge in [-0.1, -0.05) is 0 Å². The van der Waals surface area contributed by atoms with Gasteiger partial charge in [0.2, 0.25) is 0 Å². The van der Waals surface area contributed by atoms with Crippen LogP contribution in [0, 0.1) is 17.1 Å². The lowest BCUT2D eigenvalue weighted by Crippen LogP contribution is -2.34. The summed E-state index contributed by atoms with van der Waals surface area (Å²) in [5.41, 5.74) is 1.66. The average Bonchev–Trinajstić information content (AvgIpc) is 3.37. The van der Waals surface area contributed by atoms with Gasteiger partial charge >= 0.3 is 12.1 Å². The number of fused-ring (bicyclic) bond motifs is 3. The van der Waals surface area contributed by atoms with Gasteiger partial charge in [0.15, 0.2) is 5.82 Å². The number of nitriles is 1. The molecule has 3 heterocycles. The Morgan fingerprint density at radius 2 is 1.94 bits per heavy atom. The van der Waals surface area contributed by atoms with Gasteiger partial charge in [0.05, 0.1) is 36.3 Å². The van der Waals surface area contributed by atoms with E-state index in [2.05, 4.69) is 4.98 Å². The molecule has 0 fully saturated rings. The highest BCUT2D eigenvalue weighted by molar-refractivity contribution is 6.10. The first-order chi connectivity index (χ1) is 16.9. The fourth-order valence-corrected chi connectivity index (χ4v) is 3.94. The van der Waals surface area contributed by atoms with Crippen molar-refractivity contribution in [3.8, 4) is 17.3 Å². The number of anilines is 1. The molecular weight excluding hydrogens is 467 g/mol. The molecule has 186 valence electrons. The number of hydrogen-bond donors (Lipinski definition) is 0. The van der Waals surface area contributed by atoms with Crippen molar-refractivity contribution in [3.05, 3.63) is 42.0 Å². The van der Waals surface area contributed by atoms with Crippen LogP contribution in [0.25, 0.3) is 33.3 Å². The molecule has 4 aromatic rings. The normalized spacial score (nSPS) is 11.5. The van der Waals surface area contributed by atoms with Crippen LogP contribution in [0.2, 0.25) is 0 Å². The number of pyridine rings is 1. The maximum absolute atomic E-state index is 14.3. The quantitative estimate of drug-likeness (QED) is 0.393. The second-order valence-corrected chi connectivity index (χ2v) is 9.30. The third-order valence-corrected chi connectivity index (χ3v) is 5.51. The van der Waals surface area contributed by atoms with Gasteiger partial charge in [-0.25, -0.2) is 19.2 Å². The molecule has 10 nitrogen and oxygen atoms in total. The Hall–Kier alpha value is -4.46. The van der Waals surface area contributed by atoms with Crippen LogP contribution in [-0.2, 0) is 27.9 Å². The van der Waals surface area contributed by atoms with Crippen LogP contribution in [0.1, 0.15) is 26.3 Å². The molecule has 0 aliphatic carbocycles. The third kappa shape index (κ3) is 4.45. The molecule has 0 aliphatic heterocycles. The summed E-state index contributed by atoms with van der Waals surface area (Å²) in [6, 6.07) is 7.63. The van der Waals surface area contributed by atoms with E-state index in [4.69, 9.17) is 14.5 Å². The molecule has 11 heteroatoms.